The van der Waals surface area contributed by atoms with Gasteiger partial charge in [-0.25, -0.2) is 9.97 Å². The highest BCUT2D eigenvalue weighted by Crippen LogP contribution is 2.40. The molecule has 11 rings (SSSR count). The molecule has 0 fully saturated rings. The van der Waals surface area contributed by atoms with E-state index in [-0.39, 0.29) is 0 Å². The van der Waals surface area contributed by atoms with Crippen LogP contribution in [0.15, 0.2) is 154 Å². The van der Waals surface area contributed by atoms with Gasteiger partial charge in [0.05, 0.1) is 11.2 Å². The van der Waals surface area contributed by atoms with Gasteiger partial charge in [0.15, 0.2) is 5.82 Å². The molecule has 0 atom stereocenters. The molecule has 4 nitrogen and oxygen atoms in total. The van der Waals surface area contributed by atoms with Gasteiger partial charge in [-0.05, 0) is 70.8 Å². The molecule has 0 bridgehead atoms. The molecule has 0 radical (unpaired) electrons. The van der Waals surface area contributed by atoms with Gasteiger partial charge in [-0.2, -0.15) is 0 Å². The van der Waals surface area contributed by atoms with Crippen molar-refractivity contribution in [3.63, 3.8) is 0 Å². The van der Waals surface area contributed by atoms with Gasteiger partial charge in [-0.1, -0.05) is 91.0 Å². The van der Waals surface area contributed by atoms with Crippen LogP contribution in [0, 0.1) is 0 Å². The summed E-state index contributed by atoms with van der Waals surface area (Å²) in [5.41, 5.74) is 7.46. The Kier molecular flexibility index (Phi) is 5.08. The number of benzene rings is 8. The Labute approximate surface area is 273 Å². The Bertz CT molecular complexity index is 3130. The fourth-order valence-corrected chi connectivity index (χ4v) is 7.51. The van der Waals surface area contributed by atoms with E-state index in [1.165, 1.54) is 5.39 Å². The highest BCUT2D eigenvalue weighted by molar-refractivity contribution is 6.20. The van der Waals surface area contributed by atoms with Crippen LogP contribution in [0.5, 0.6) is 0 Å². The first-order valence-electron chi connectivity index (χ1n) is 16.2. The molecule has 0 aliphatic heterocycles. The van der Waals surface area contributed by atoms with Gasteiger partial charge in [0.1, 0.15) is 22.3 Å². The molecule has 0 amide bonds. The highest BCUT2D eigenvalue weighted by atomic mass is 16.3. The molecule has 3 aromatic heterocycles. The van der Waals surface area contributed by atoms with Crippen molar-refractivity contribution in [2.45, 2.75) is 0 Å². The predicted molar refractivity (Wildman–Crippen MR) is 197 cm³/mol. The van der Waals surface area contributed by atoms with Gasteiger partial charge in [0, 0.05) is 54.2 Å². The fraction of sp³-hybridized carbons (Fsp3) is 0. The number of fused-ring (bicyclic) bond motifs is 13. The van der Waals surface area contributed by atoms with Crippen molar-refractivity contribution in [3.05, 3.63) is 146 Å². The summed E-state index contributed by atoms with van der Waals surface area (Å²) in [5.74, 6) is 0.689. The Morgan fingerprint density at radius 2 is 0.896 bits per heavy atom. The van der Waals surface area contributed by atoms with E-state index < -0.39 is 0 Å². The predicted octanol–water partition coefficient (Wildman–Crippen LogP) is 12.2. The third kappa shape index (κ3) is 3.60. The number of nitrogens with zero attached hydrogens (tertiary/aromatic N) is 2. The van der Waals surface area contributed by atoms with Crippen molar-refractivity contribution in [3.8, 4) is 22.6 Å². The van der Waals surface area contributed by atoms with Crippen molar-refractivity contribution >= 4 is 87.1 Å². The van der Waals surface area contributed by atoms with Crippen LogP contribution in [0.25, 0.3) is 110 Å². The molecule has 0 aliphatic rings. The second-order valence-electron chi connectivity index (χ2n) is 12.5. The average Bonchev–Trinajstić information content (AvgIpc) is 3.73. The maximum absolute atomic E-state index is 6.60. The second kappa shape index (κ2) is 9.50. The lowest BCUT2D eigenvalue weighted by Gasteiger charge is -2.11. The van der Waals surface area contributed by atoms with Gasteiger partial charge in [0.25, 0.3) is 0 Å². The fourth-order valence-electron chi connectivity index (χ4n) is 7.51. The number of para-hydroxylation sites is 2. The highest BCUT2D eigenvalue weighted by Gasteiger charge is 2.17. The molecule has 222 valence electrons. The number of rotatable bonds is 2. The minimum absolute atomic E-state index is 0.689. The summed E-state index contributed by atoms with van der Waals surface area (Å²) in [7, 11) is 0. The van der Waals surface area contributed by atoms with Crippen LogP contribution < -0.4 is 0 Å². The van der Waals surface area contributed by atoms with Crippen LogP contribution in [0.4, 0.5) is 0 Å². The summed E-state index contributed by atoms with van der Waals surface area (Å²) in [4.78, 5) is 10.3. The maximum atomic E-state index is 6.60. The first kappa shape index (κ1) is 25.6. The molecule has 4 heteroatoms. The van der Waals surface area contributed by atoms with Gasteiger partial charge in [0.2, 0.25) is 0 Å². The number of hydrogen-bond donors (Lipinski definition) is 0. The van der Waals surface area contributed by atoms with Crippen molar-refractivity contribution < 1.29 is 8.83 Å². The van der Waals surface area contributed by atoms with E-state index in [1.807, 2.05) is 24.3 Å². The first-order valence-corrected chi connectivity index (χ1v) is 16.2. The lowest BCUT2D eigenvalue weighted by atomic mass is 9.99. The Balaban J connectivity index is 1.08. The summed E-state index contributed by atoms with van der Waals surface area (Å²) in [6, 6.07) is 50.8. The molecule has 0 aliphatic carbocycles. The zero-order chi connectivity index (χ0) is 31.3. The molecule has 11 aromatic rings. The summed E-state index contributed by atoms with van der Waals surface area (Å²) >= 11 is 0. The molecular formula is C44H24N2O2. The van der Waals surface area contributed by atoms with Gasteiger partial charge in [-0.15, -0.1) is 0 Å². The molecule has 8 aromatic carbocycles. The maximum Gasteiger partial charge on any atom is 0.160 e. The summed E-state index contributed by atoms with van der Waals surface area (Å²) in [6.45, 7) is 0. The normalized spacial score (nSPS) is 12.2. The van der Waals surface area contributed by atoms with E-state index in [9.17, 15) is 0 Å². The molecule has 0 N–H and O–H groups in total. The van der Waals surface area contributed by atoms with Gasteiger partial charge >= 0.3 is 0 Å². The molecule has 0 saturated heterocycles. The number of furan rings is 2. The quantitative estimate of drug-likeness (QED) is 0.195. The molecular weight excluding hydrogens is 588 g/mol. The lowest BCUT2D eigenvalue weighted by Crippen LogP contribution is -1.95. The number of hydrogen-bond acceptors (Lipinski definition) is 4. The number of aromatic nitrogens is 2. The van der Waals surface area contributed by atoms with Crippen LogP contribution in [-0.2, 0) is 0 Å². The minimum Gasteiger partial charge on any atom is -0.455 e. The third-order valence-electron chi connectivity index (χ3n) is 9.84. The third-order valence-corrected chi connectivity index (χ3v) is 9.84. The summed E-state index contributed by atoms with van der Waals surface area (Å²) in [5, 5.41) is 12.2. The first-order chi connectivity index (χ1) is 23.8. The SMILES string of the molecule is c1ccc2c(c1)ccc1c3ccc4cc(-c5nc(-c6ccc7c(ccc8c9ccccc9oc78)c6)c6ccccc6n5)ccc4c3oc21. The van der Waals surface area contributed by atoms with Crippen molar-refractivity contribution in [2.75, 3.05) is 0 Å². The van der Waals surface area contributed by atoms with Crippen LogP contribution in [0.3, 0.4) is 0 Å². The van der Waals surface area contributed by atoms with Crippen LogP contribution in [0.1, 0.15) is 0 Å². The molecule has 0 spiro atoms. The standard InChI is InChI=1S/C44H24N2O2/c1-2-8-30-25(7-1)13-20-35-36-22-15-27-24-29(17-19-32(27)43(36)48-42(30)35)44-45-38-11-5-3-10-37(38)40(46-44)28-16-18-31-26(23-28)14-21-34-33-9-4-6-12-39(33)47-41(31)34/h1-24H. The second-order valence-corrected chi connectivity index (χ2v) is 12.5. The van der Waals surface area contributed by atoms with Crippen LogP contribution in [-0.4, -0.2) is 9.97 Å². The zero-order valence-electron chi connectivity index (χ0n) is 25.6. The van der Waals surface area contributed by atoms with E-state index in [4.69, 9.17) is 18.8 Å². The monoisotopic (exact) mass is 612 g/mol. The smallest absolute Gasteiger partial charge is 0.160 e. The van der Waals surface area contributed by atoms with Gasteiger partial charge < -0.3 is 8.83 Å². The largest absolute Gasteiger partial charge is 0.455 e. The Hall–Kier alpha value is -6.52. The molecule has 0 unspecified atom stereocenters. The Morgan fingerprint density at radius 3 is 1.69 bits per heavy atom. The molecule has 3 heterocycles. The van der Waals surface area contributed by atoms with Gasteiger partial charge in [-0.3, -0.25) is 0 Å². The average molecular weight is 613 g/mol. The van der Waals surface area contributed by atoms with Crippen molar-refractivity contribution in [1.82, 2.24) is 9.97 Å². The van der Waals surface area contributed by atoms with Crippen LogP contribution >= 0.6 is 0 Å². The Morgan fingerprint density at radius 1 is 0.354 bits per heavy atom. The van der Waals surface area contributed by atoms with E-state index in [2.05, 4.69) is 121 Å². The molecule has 48 heavy (non-hydrogen) atoms. The lowest BCUT2D eigenvalue weighted by molar-refractivity contribution is 0.672. The molecule has 0 saturated carbocycles. The van der Waals surface area contributed by atoms with Crippen LogP contribution in [0.2, 0.25) is 0 Å². The minimum atomic E-state index is 0.689. The van der Waals surface area contributed by atoms with E-state index in [1.54, 1.807) is 0 Å². The van der Waals surface area contributed by atoms with E-state index >= 15 is 0 Å². The summed E-state index contributed by atoms with van der Waals surface area (Å²) in [6.07, 6.45) is 0. The summed E-state index contributed by atoms with van der Waals surface area (Å²) < 4.78 is 12.9. The van der Waals surface area contributed by atoms with Crippen molar-refractivity contribution in [2.24, 2.45) is 0 Å². The topological polar surface area (TPSA) is 52.1 Å². The zero-order valence-corrected chi connectivity index (χ0v) is 25.6. The van der Waals surface area contributed by atoms with E-state index in [0.717, 1.165) is 98.5 Å². The van der Waals surface area contributed by atoms with Crippen molar-refractivity contribution in [1.29, 1.82) is 0 Å². The van der Waals surface area contributed by atoms with E-state index in [0.29, 0.717) is 5.82 Å².